The van der Waals surface area contributed by atoms with E-state index in [1.54, 1.807) is 6.07 Å². The van der Waals surface area contributed by atoms with Crippen molar-refractivity contribution in [2.45, 2.75) is 13.3 Å². The Morgan fingerprint density at radius 3 is 2.73 bits per heavy atom. The first-order chi connectivity index (χ1) is 7.15. The SMILES string of the molecule is CC(=O)c1ccc(Cc2ccc(Cl)s2)o1. The fraction of sp³-hybridized carbons (Fsp3) is 0.182. The van der Waals surface area contributed by atoms with Crippen LogP contribution in [-0.2, 0) is 6.42 Å². The zero-order valence-corrected chi connectivity index (χ0v) is 9.69. The van der Waals surface area contributed by atoms with Crippen LogP contribution in [0.3, 0.4) is 0 Å². The summed E-state index contributed by atoms with van der Waals surface area (Å²) >= 11 is 7.34. The highest BCUT2D eigenvalue weighted by Crippen LogP contribution is 2.24. The van der Waals surface area contributed by atoms with Crippen LogP contribution in [0.1, 0.15) is 28.1 Å². The second kappa shape index (κ2) is 4.21. The molecule has 2 aromatic heterocycles. The maximum Gasteiger partial charge on any atom is 0.194 e. The molecule has 2 heterocycles. The molecule has 15 heavy (non-hydrogen) atoms. The summed E-state index contributed by atoms with van der Waals surface area (Å²) in [7, 11) is 0. The standard InChI is InChI=1S/C11H9ClO2S/c1-7(13)10-4-2-8(14-10)6-9-3-5-11(12)15-9/h2-5H,6H2,1H3. The van der Waals surface area contributed by atoms with Crippen LogP contribution in [0, 0.1) is 0 Å². The second-order valence-corrected chi connectivity index (χ2v) is 5.00. The molecule has 78 valence electrons. The molecule has 0 bridgehead atoms. The molecule has 0 aromatic carbocycles. The van der Waals surface area contributed by atoms with E-state index in [-0.39, 0.29) is 5.78 Å². The van der Waals surface area contributed by atoms with Crippen molar-refractivity contribution in [3.05, 3.63) is 45.0 Å². The van der Waals surface area contributed by atoms with E-state index >= 15 is 0 Å². The van der Waals surface area contributed by atoms with Crippen LogP contribution < -0.4 is 0 Å². The van der Waals surface area contributed by atoms with Gasteiger partial charge in [0.15, 0.2) is 11.5 Å². The third-order valence-corrected chi connectivity index (χ3v) is 3.22. The van der Waals surface area contributed by atoms with Gasteiger partial charge in [0.2, 0.25) is 0 Å². The Kier molecular flexibility index (Phi) is 2.93. The van der Waals surface area contributed by atoms with E-state index in [9.17, 15) is 4.79 Å². The van der Waals surface area contributed by atoms with E-state index < -0.39 is 0 Å². The average molecular weight is 241 g/mol. The van der Waals surface area contributed by atoms with Crippen molar-refractivity contribution >= 4 is 28.7 Å². The van der Waals surface area contributed by atoms with Crippen LogP contribution in [0.2, 0.25) is 4.34 Å². The number of carbonyl (C=O) groups excluding carboxylic acids is 1. The van der Waals surface area contributed by atoms with Gasteiger partial charge >= 0.3 is 0 Å². The highest BCUT2D eigenvalue weighted by molar-refractivity contribution is 7.16. The van der Waals surface area contributed by atoms with Gasteiger partial charge in [-0.1, -0.05) is 11.6 Å². The van der Waals surface area contributed by atoms with Crippen molar-refractivity contribution in [1.82, 2.24) is 0 Å². The van der Waals surface area contributed by atoms with Crippen LogP contribution >= 0.6 is 22.9 Å². The van der Waals surface area contributed by atoms with Crippen LogP contribution in [0.5, 0.6) is 0 Å². The normalized spacial score (nSPS) is 10.5. The molecule has 0 N–H and O–H groups in total. The molecule has 0 atom stereocenters. The summed E-state index contributed by atoms with van der Waals surface area (Å²) in [4.78, 5) is 12.1. The number of hydrogen-bond acceptors (Lipinski definition) is 3. The predicted octanol–water partition coefficient (Wildman–Crippen LogP) is 3.79. The number of furan rings is 1. The van der Waals surface area contributed by atoms with Crippen molar-refractivity contribution in [1.29, 1.82) is 0 Å². The summed E-state index contributed by atoms with van der Waals surface area (Å²) in [6.07, 6.45) is 0.685. The molecule has 0 amide bonds. The minimum atomic E-state index is -0.0505. The summed E-state index contributed by atoms with van der Waals surface area (Å²) in [5.41, 5.74) is 0. The summed E-state index contributed by atoms with van der Waals surface area (Å²) in [6, 6.07) is 7.34. The number of halogens is 1. The van der Waals surface area contributed by atoms with Gasteiger partial charge in [0.25, 0.3) is 0 Å². The topological polar surface area (TPSA) is 30.2 Å². The fourth-order valence-corrected chi connectivity index (χ4v) is 2.38. The van der Waals surface area contributed by atoms with Gasteiger partial charge < -0.3 is 4.42 Å². The highest BCUT2D eigenvalue weighted by atomic mass is 35.5. The smallest absolute Gasteiger partial charge is 0.194 e. The van der Waals surface area contributed by atoms with Gasteiger partial charge in [-0.2, -0.15) is 0 Å². The van der Waals surface area contributed by atoms with Gasteiger partial charge in [0.05, 0.1) is 4.34 Å². The second-order valence-electron chi connectivity index (χ2n) is 3.20. The van der Waals surface area contributed by atoms with Crippen LogP contribution in [-0.4, -0.2) is 5.78 Å². The molecule has 0 unspecified atom stereocenters. The molecule has 0 spiro atoms. The van der Waals surface area contributed by atoms with Crippen LogP contribution in [0.25, 0.3) is 0 Å². The van der Waals surface area contributed by atoms with E-state index in [2.05, 4.69) is 0 Å². The molecule has 2 aromatic rings. The van der Waals surface area contributed by atoms with E-state index in [0.29, 0.717) is 12.2 Å². The fourth-order valence-electron chi connectivity index (χ4n) is 1.28. The molecule has 4 heteroatoms. The highest BCUT2D eigenvalue weighted by Gasteiger charge is 2.07. The lowest BCUT2D eigenvalue weighted by Gasteiger charge is -1.92. The zero-order chi connectivity index (χ0) is 10.8. The first-order valence-electron chi connectivity index (χ1n) is 4.49. The van der Waals surface area contributed by atoms with E-state index in [0.717, 1.165) is 15.0 Å². The Bertz CT molecular complexity index is 484. The number of hydrogen-bond donors (Lipinski definition) is 0. The number of ketones is 1. The number of Topliss-reactive ketones (excluding diaryl/α,β-unsaturated/α-hetero) is 1. The largest absolute Gasteiger partial charge is 0.458 e. The third-order valence-electron chi connectivity index (χ3n) is 1.99. The first-order valence-corrected chi connectivity index (χ1v) is 5.68. The number of carbonyl (C=O) groups is 1. The monoisotopic (exact) mass is 240 g/mol. The number of thiophene rings is 1. The van der Waals surface area contributed by atoms with Crippen molar-refractivity contribution < 1.29 is 9.21 Å². The zero-order valence-electron chi connectivity index (χ0n) is 8.12. The van der Waals surface area contributed by atoms with Crippen molar-refractivity contribution in [2.24, 2.45) is 0 Å². The lowest BCUT2D eigenvalue weighted by Crippen LogP contribution is -1.87. The van der Waals surface area contributed by atoms with Crippen molar-refractivity contribution in [2.75, 3.05) is 0 Å². The Labute approximate surface area is 96.5 Å². The van der Waals surface area contributed by atoms with E-state index in [1.807, 2.05) is 18.2 Å². The maximum atomic E-state index is 11.0. The van der Waals surface area contributed by atoms with E-state index in [4.69, 9.17) is 16.0 Å². The minimum Gasteiger partial charge on any atom is -0.458 e. The van der Waals surface area contributed by atoms with E-state index in [1.165, 1.54) is 18.3 Å². The molecule has 0 aliphatic rings. The summed E-state index contributed by atoms with van der Waals surface area (Å²) in [5.74, 6) is 1.15. The van der Waals surface area contributed by atoms with Crippen LogP contribution in [0.15, 0.2) is 28.7 Å². The lowest BCUT2D eigenvalue weighted by molar-refractivity contribution is 0.0985. The predicted molar refractivity (Wildman–Crippen MR) is 60.8 cm³/mol. The number of rotatable bonds is 3. The maximum absolute atomic E-state index is 11.0. The van der Waals surface area contributed by atoms with Crippen LogP contribution in [0.4, 0.5) is 0 Å². The molecule has 0 fully saturated rings. The molecule has 0 radical (unpaired) electrons. The molecule has 0 aliphatic carbocycles. The van der Waals surface area contributed by atoms with Gasteiger partial charge in [0, 0.05) is 18.2 Å². The van der Waals surface area contributed by atoms with Gasteiger partial charge in [-0.3, -0.25) is 4.79 Å². The molecule has 2 rings (SSSR count). The third kappa shape index (κ3) is 2.49. The molecular formula is C11H9ClO2S. The Morgan fingerprint density at radius 2 is 2.20 bits per heavy atom. The Morgan fingerprint density at radius 1 is 1.40 bits per heavy atom. The first kappa shape index (κ1) is 10.5. The minimum absolute atomic E-state index is 0.0505. The molecule has 2 nitrogen and oxygen atoms in total. The summed E-state index contributed by atoms with van der Waals surface area (Å²) in [6.45, 7) is 1.49. The quantitative estimate of drug-likeness (QED) is 0.764. The van der Waals surface area contributed by atoms with Gasteiger partial charge in [-0.05, 0) is 24.3 Å². The summed E-state index contributed by atoms with van der Waals surface area (Å²) < 4.78 is 6.14. The Hall–Kier alpha value is -1.06. The molecule has 0 saturated heterocycles. The summed E-state index contributed by atoms with van der Waals surface area (Å²) in [5, 5.41) is 0. The lowest BCUT2D eigenvalue weighted by atomic mass is 10.3. The average Bonchev–Trinajstić information content (AvgIpc) is 2.76. The molecular weight excluding hydrogens is 232 g/mol. The van der Waals surface area contributed by atoms with Gasteiger partial charge in [0.1, 0.15) is 5.76 Å². The molecule has 0 saturated carbocycles. The van der Waals surface area contributed by atoms with Crippen molar-refractivity contribution in [3.63, 3.8) is 0 Å². The molecule has 0 aliphatic heterocycles. The van der Waals surface area contributed by atoms with Gasteiger partial charge in [-0.25, -0.2) is 0 Å². The van der Waals surface area contributed by atoms with Gasteiger partial charge in [-0.15, -0.1) is 11.3 Å². The van der Waals surface area contributed by atoms with Crippen molar-refractivity contribution in [3.8, 4) is 0 Å². The Balaban J connectivity index is 2.14.